The molecule has 3 N–H and O–H groups in total. The van der Waals surface area contributed by atoms with Crippen molar-refractivity contribution in [2.75, 3.05) is 19.6 Å². The van der Waals surface area contributed by atoms with Crippen LogP contribution in [0.15, 0.2) is 29.2 Å². The molecule has 1 aliphatic heterocycles. The molecule has 1 saturated heterocycles. The topological polar surface area (TPSA) is 87.3 Å². The molecular weight excluding hydrogens is 362 g/mol. The maximum atomic E-state index is 12.3. The van der Waals surface area contributed by atoms with Gasteiger partial charge in [-0.15, -0.1) is 12.4 Å². The van der Waals surface area contributed by atoms with Crippen LogP contribution >= 0.6 is 12.4 Å². The van der Waals surface area contributed by atoms with E-state index in [-0.39, 0.29) is 34.7 Å². The summed E-state index contributed by atoms with van der Waals surface area (Å²) in [4.78, 5) is 12.4. The molecule has 6 nitrogen and oxygen atoms in total. The van der Waals surface area contributed by atoms with Crippen molar-refractivity contribution in [3.8, 4) is 0 Å². The monoisotopic (exact) mass is 389 g/mol. The van der Waals surface area contributed by atoms with Gasteiger partial charge in [0.1, 0.15) is 0 Å². The number of piperidine rings is 1. The average molecular weight is 390 g/mol. The number of nitrogens with one attached hydrogen (secondary N) is 3. The number of benzene rings is 1. The summed E-state index contributed by atoms with van der Waals surface area (Å²) in [6, 6.07) is 5.85. The molecule has 1 fully saturated rings. The minimum Gasteiger partial charge on any atom is -0.351 e. The Kier molecular flexibility index (Phi) is 7.87. The van der Waals surface area contributed by atoms with Crippen molar-refractivity contribution in [3.05, 3.63) is 29.8 Å². The molecule has 0 unspecified atom stereocenters. The smallest absolute Gasteiger partial charge is 0.251 e. The summed E-state index contributed by atoms with van der Waals surface area (Å²) >= 11 is 0. The van der Waals surface area contributed by atoms with Crippen LogP contribution in [0.3, 0.4) is 0 Å². The summed E-state index contributed by atoms with van der Waals surface area (Å²) in [6.07, 6.45) is 2.07. The third kappa shape index (κ3) is 6.26. The lowest BCUT2D eigenvalue weighted by Gasteiger charge is -2.34. The molecule has 0 aromatic heterocycles. The molecule has 1 aliphatic rings. The number of halogens is 1. The summed E-state index contributed by atoms with van der Waals surface area (Å²) in [5.74, 6) is -0.171. The lowest BCUT2D eigenvalue weighted by Crippen LogP contribution is -2.42. The molecule has 0 bridgehead atoms. The Labute approximate surface area is 156 Å². The van der Waals surface area contributed by atoms with Crippen LogP contribution in [0.25, 0.3) is 0 Å². The molecule has 0 saturated carbocycles. The van der Waals surface area contributed by atoms with Crippen LogP contribution < -0.4 is 15.4 Å². The van der Waals surface area contributed by atoms with E-state index in [9.17, 15) is 13.2 Å². The van der Waals surface area contributed by atoms with Crippen LogP contribution in [0.4, 0.5) is 0 Å². The first kappa shape index (κ1) is 21.9. The zero-order valence-corrected chi connectivity index (χ0v) is 16.6. The Morgan fingerprint density at radius 3 is 2.28 bits per heavy atom. The second-order valence-corrected chi connectivity index (χ2v) is 8.76. The van der Waals surface area contributed by atoms with E-state index in [0.29, 0.717) is 12.1 Å². The van der Waals surface area contributed by atoms with Gasteiger partial charge in [0.2, 0.25) is 10.0 Å². The normalized spacial score (nSPS) is 17.0. The predicted molar refractivity (Wildman–Crippen MR) is 102 cm³/mol. The van der Waals surface area contributed by atoms with Gasteiger partial charge in [-0.05, 0) is 69.5 Å². The van der Waals surface area contributed by atoms with Gasteiger partial charge in [-0.3, -0.25) is 4.79 Å². The maximum Gasteiger partial charge on any atom is 0.251 e. The largest absolute Gasteiger partial charge is 0.351 e. The Morgan fingerprint density at radius 2 is 1.76 bits per heavy atom. The summed E-state index contributed by atoms with van der Waals surface area (Å²) < 4.78 is 26.7. The van der Waals surface area contributed by atoms with E-state index >= 15 is 0 Å². The first-order valence-corrected chi connectivity index (χ1v) is 9.81. The lowest BCUT2D eigenvalue weighted by molar-refractivity contribution is 0.0922. The number of carbonyl (C=O) groups excluding carboxylic acids is 1. The third-order valence-electron chi connectivity index (χ3n) is 4.30. The van der Waals surface area contributed by atoms with Crippen molar-refractivity contribution < 1.29 is 13.2 Å². The first-order valence-electron chi connectivity index (χ1n) is 8.33. The van der Waals surface area contributed by atoms with Crippen LogP contribution in [0, 0.1) is 5.41 Å². The molecule has 1 amide bonds. The number of carbonyl (C=O) groups is 1. The molecule has 0 aliphatic carbocycles. The Morgan fingerprint density at radius 1 is 1.20 bits per heavy atom. The maximum absolute atomic E-state index is 12.3. The zero-order valence-electron chi connectivity index (χ0n) is 15.0. The molecule has 1 aromatic carbocycles. The summed E-state index contributed by atoms with van der Waals surface area (Å²) in [5, 5.41) is 6.29. The highest BCUT2D eigenvalue weighted by Crippen LogP contribution is 2.26. The fraction of sp³-hybridized carbons (Fsp3) is 0.588. The predicted octanol–water partition coefficient (Wildman–Crippen LogP) is 1.91. The highest BCUT2D eigenvalue weighted by molar-refractivity contribution is 7.89. The van der Waals surface area contributed by atoms with Crippen LogP contribution in [0.5, 0.6) is 0 Å². The van der Waals surface area contributed by atoms with Gasteiger partial charge in [-0.2, -0.15) is 0 Å². The fourth-order valence-corrected chi connectivity index (χ4v) is 4.02. The highest BCUT2D eigenvalue weighted by Gasteiger charge is 2.27. The molecule has 0 atom stereocenters. The van der Waals surface area contributed by atoms with E-state index in [1.807, 2.05) is 0 Å². The molecule has 1 heterocycles. The van der Waals surface area contributed by atoms with Gasteiger partial charge >= 0.3 is 0 Å². The van der Waals surface area contributed by atoms with Crippen LogP contribution in [-0.4, -0.2) is 40.0 Å². The molecule has 1 aromatic rings. The Hall–Kier alpha value is -1.15. The van der Waals surface area contributed by atoms with Crippen LogP contribution in [0.2, 0.25) is 0 Å². The molecule has 0 spiro atoms. The van der Waals surface area contributed by atoms with Gasteiger partial charge in [0, 0.05) is 18.2 Å². The molecule has 2 rings (SSSR count). The van der Waals surface area contributed by atoms with Crippen molar-refractivity contribution in [2.45, 2.75) is 44.6 Å². The second kappa shape index (κ2) is 8.98. The molecule has 142 valence electrons. The minimum atomic E-state index is -3.53. The van der Waals surface area contributed by atoms with Gasteiger partial charge in [0.05, 0.1) is 4.90 Å². The highest BCUT2D eigenvalue weighted by atomic mass is 35.5. The molecule has 25 heavy (non-hydrogen) atoms. The van der Waals surface area contributed by atoms with Gasteiger partial charge in [-0.1, -0.05) is 6.92 Å². The number of sulfonamides is 1. The van der Waals surface area contributed by atoms with E-state index in [4.69, 9.17) is 0 Å². The SMILES string of the molecule is CC(C)NS(=O)(=O)c1ccc(C(=O)NCC2(C)CCNCC2)cc1.Cl. The van der Waals surface area contributed by atoms with Crippen molar-refractivity contribution in [2.24, 2.45) is 5.41 Å². The molecule has 8 heteroatoms. The van der Waals surface area contributed by atoms with Gasteiger partial charge in [0.15, 0.2) is 0 Å². The summed E-state index contributed by atoms with van der Waals surface area (Å²) in [6.45, 7) is 8.29. The third-order valence-corrected chi connectivity index (χ3v) is 5.98. The molecular formula is C17H28ClN3O3S. The van der Waals surface area contributed by atoms with E-state index in [1.54, 1.807) is 26.0 Å². The summed E-state index contributed by atoms with van der Waals surface area (Å²) in [5.41, 5.74) is 0.585. The molecule has 0 radical (unpaired) electrons. The summed E-state index contributed by atoms with van der Waals surface area (Å²) in [7, 11) is -3.53. The Bertz CT molecular complexity index is 669. The quantitative estimate of drug-likeness (QED) is 0.693. The first-order chi connectivity index (χ1) is 11.2. The van der Waals surface area contributed by atoms with E-state index < -0.39 is 10.0 Å². The standard InChI is InChI=1S/C17H27N3O3S.ClH/c1-13(2)20-24(22,23)15-6-4-14(5-7-15)16(21)19-12-17(3)8-10-18-11-9-17;/h4-7,13,18,20H,8-12H2,1-3H3,(H,19,21);1H. The average Bonchev–Trinajstić information content (AvgIpc) is 2.52. The minimum absolute atomic E-state index is 0. The van der Waals surface area contributed by atoms with Crippen molar-refractivity contribution in [1.82, 2.24) is 15.4 Å². The van der Waals surface area contributed by atoms with Crippen LogP contribution in [-0.2, 0) is 10.0 Å². The van der Waals surface area contributed by atoms with Gasteiger partial charge in [0.25, 0.3) is 5.91 Å². The van der Waals surface area contributed by atoms with Crippen molar-refractivity contribution >= 4 is 28.3 Å². The number of amides is 1. The fourth-order valence-electron chi connectivity index (χ4n) is 2.77. The number of rotatable bonds is 6. The van der Waals surface area contributed by atoms with Crippen LogP contribution in [0.1, 0.15) is 44.0 Å². The van der Waals surface area contributed by atoms with E-state index in [0.717, 1.165) is 25.9 Å². The number of hydrogen-bond donors (Lipinski definition) is 3. The Balaban J connectivity index is 0.00000312. The lowest BCUT2D eigenvalue weighted by atomic mass is 9.81. The van der Waals surface area contributed by atoms with Crippen molar-refractivity contribution in [3.63, 3.8) is 0 Å². The van der Waals surface area contributed by atoms with E-state index in [1.165, 1.54) is 12.1 Å². The van der Waals surface area contributed by atoms with Crippen molar-refractivity contribution in [1.29, 1.82) is 0 Å². The second-order valence-electron chi connectivity index (χ2n) is 7.04. The zero-order chi connectivity index (χ0) is 17.8. The number of hydrogen-bond acceptors (Lipinski definition) is 4. The van der Waals surface area contributed by atoms with E-state index in [2.05, 4.69) is 22.3 Å². The van der Waals surface area contributed by atoms with Gasteiger partial charge in [-0.25, -0.2) is 13.1 Å². The van der Waals surface area contributed by atoms with Gasteiger partial charge < -0.3 is 10.6 Å².